The first-order chi connectivity index (χ1) is 7.72. The molecule has 0 saturated heterocycles. The van der Waals surface area contributed by atoms with Crippen LogP contribution in [0.4, 0.5) is 4.39 Å². The lowest BCUT2D eigenvalue weighted by Crippen LogP contribution is -1.97. The molecule has 3 nitrogen and oxygen atoms in total. The summed E-state index contributed by atoms with van der Waals surface area (Å²) in [5.41, 5.74) is 0.736. The quantitative estimate of drug-likeness (QED) is 0.596. The van der Waals surface area contributed by atoms with Gasteiger partial charge in [-0.3, -0.25) is 4.39 Å². The lowest BCUT2D eigenvalue weighted by atomic mass is 10.2. The molecule has 0 aliphatic carbocycles. The van der Waals surface area contributed by atoms with Crippen LogP contribution in [0.3, 0.4) is 0 Å². The second kappa shape index (κ2) is 6.61. The molecular formula is C12H13FO3. The normalized spacial score (nSPS) is 10.6. The number of carboxylic acids is 1. The van der Waals surface area contributed by atoms with Crippen LogP contribution in [0.15, 0.2) is 30.3 Å². The van der Waals surface area contributed by atoms with E-state index in [2.05, 4.69) is 0 Å². The Labute approximate surface area is 93.2 Å². The molecule has 0 saturated carbocycles. The van der Waals surface area contributed by atoms with E-state index < -0.39 is 12.6 Å². The highest BCUT2D eigenvalue weighted by atomic mass is 19.1. The topological polar surface area (TPSA) is 46.5 Å². The average molecular weight is 224 g/mol. The van der Waals surface area contributed by atoms with Gasteiger partial charge in [0.15, 0.2) is 0 Å². The minimum atomic E-state index is -0.997. The van der Waals surface area contributed by atoms with Crippen molar-refractivity contribution in [1.82, 2.24) is 0 Å². The summed E-state index contributed by atoms with van der Waals surface area (Å²) in [7, 11) is 0. The largest absolute Gasteiger partial charge is 0.493 e. The first-order valence-electron chi connectivity index (χ1n) is 4.92. The van der Waals surface area contributed by atoms with E-state index in [1.807, 2.05) is 0 Å². The summed E-state index contributed by atoms with van der Waals surface area (Å²) < 4.78 is 17.1. The maximum atomic E-state index is 11.8. The fourth-order valence-electron chi connectivity index (χ4n) is 1.12. The van der Waals surface area contributed by atoms with Crippen LogP contribution >= 0.6 is 0 Å². The van der Waals surface area contributed by atoms with Crippen molar-refractivity contribution in [2.75, 3.05) is 13.3 Å². The molecule has 1 N–H and O–H groups in total. The summed E-state index contributed by atoms with van der Waals surface area (Å²) in [6.07, 6.45) is 2.89. The Morgan fingerprint density at radius 2 is 2.31 bits per heavy atom. The predicted octanol–water partition coefficient (Wildman–Crippen LogP) is 2.52. The standard InChI is InChI=1S/C12H13FO3/c13-7-2-8-16-11-4-1-3-10(9-11)5-6-12(14)15/h1,3-6,9H,2,7-8H2,(H,14,15)/b6-5+. The van der Waals surface area contributed by atoms with Gasteiger partial charge in [0.05, 0.1) is 13.3 Å². The summed E-state index contributed by atoms with van der Waals surface area (Å²) in [4.78, 5) is 10.3. The van der Waals surface area contributed by atoms with Crippen LogP contribution in [0, 0.1) is 0 Å². The van der Waals surface area contributed by atoms with Gasteiger partial charge in [0.2, 0.25) is 0 Å². The zero-order chi connectivity index (χ0) is 11.8. The van der Waals surface area contributed by atoms with E-state index in [0.29, 0.717) is 18.8 Å². The van der Waals surface area contributed by atoms with Gasteiger partial charge in [-0.1, -0.05) is 12.1 Å². The first-order valence-corrected chi connectivity index (χ1v) is 4.92. The molecule has 1 rings (SSSR count). The molecule has 1 aromatic carbocycles. The zero-order valence-electron chi connectivity index (χ0n) is 8.73. The number of hydrogen-bond donors (Lipinski definition) is 1. The Hall–Kier alpha value is -1.84. The van der Waals surface area contributed by atoms with Crippen LogP contribution < -0.4 is 4.74 Å². The summed E-state index contributed by atoms with van der Waals surface area (Å²) in [5.74, 6) is -0.385. The van der Waals surface area contributed by atoms with E-state index in [1.54, 1.807) is 24.3 Å². The summed E-state index contributed by atoms with van der Waals surface area (Å²) in [5, 5.41) is 8.46. The second-order valence-corrected chi connectivity index (χ2v) is 3.14. The van der Waals surface area contributed by atoms with E-state index in [4.69, 9.17) is 9.84 Å². The van der Waals surface area contributed by atoms with Crippen molar-refractivity contribution in [3.8, 4) is 5.75 Å². The molecule has 0 spiro atoms. The van der Waals surface area contributed by atoms with E-state index in [-0.39, 0.29) is 0 Å². The average Bonchev–Trinajstić information content (AvgIpc) is 2.27. The molecule has 0 aliphatic heterocycles. The molecule has 0 heterocycles. The maximum absolute atomic E-state index is 11.8. The van der Waals surface area contributed by atoms with Crippen molar-refractivity contribution in [3.05, 3.63) is 35.9 Å². The van der Waals surface area contributed by atoms with E-state index in [9.17, 15) is 9.18 Å². The number of alkyl halides is 1. The third-order valence-electron chi connectivity index (χ3n) is 1.82. The van der Waals surface area contributed by atoms with E-state index >= 15 is 0 Å². The SMILES string of the molecule is O=C(O)/C=C/c1cccc(OCCCF)c1. The van der Waals surface area contributed by atoms with Gasteiger partial charge in [-0.15, -0.1) is 0 Å². The number of carbonyl (C=O) groups is 1. The molecule has 0 aliphatic rings. The van der Waals surface area contributed by atoms with Gasteiger partial charge in [0.25, 0.3) is 0 Å². The Kier molecular flexibility index (Phi) is 5.05. The van der Waals surface area contributed by atoms with Gasteiger partial charge in [0.1, 0.15) is 5.75 Å². The second-order valence-electron chi connectivity index (χ2n) is 3.14. The van der Waals surface area contributed by atoms with Crippen LogP contribution in [0.1, 0.15) is 12.0 Å². The van der Waals surface area contributed by atoms with Crippen LogP contribution in [0.5, 0.6) is 5.75 Å². The van der Waals surface area contributed by atoms with Crippen molar-refractivity contribution in [3.63, 3.8) is 0 Å². The Balaban J connectivity index is 2.60. The van der Waals surface area contributed by atoms with Crippen LogP contribution in [-0.4, -0.2) is 24.4 Å². The van der Waals surface area contributed by atoms with Crippen LogP contribution in [0.25, 0.3) is 6.08 Å². The molecule has 0 atom stereocenters. The Morgan fingerprint density at radius 3 is 3.00 bits per heavy atom. The summed E-state index contributed by atoms with van der Waals surface area (Å²) in [6, 6.07) is 6.97. The number of halogens is 1. The first kappa shape index (κ1) is 12.2. The number of benzene rings is 1. The molecule has 16 heavy (non-hydrogen) atoms. The summed E-state index contributed by atoms with van der Waals surface area (Å²) >= 11 is 0. The number of ether oxygens (including phenoxy) is 1. The fraction of sp³-hybridized carbons (Fsp3) is 0.250. The van der Waals surface area contributed by atoms with Crippen molar-refractivity contribution in [2.45, 2.75) is 6.42 Å². The molecule has 0 aromatic heterocycles. The van der Waals surface area contributed by atoms with Crippen molar-refractivity contribution in [1.29, 1.82) is 0 Å². The zero-order valence-corrected chi connectivity index (χ0v) is 8.73. The maximum Gasteiger partial charge on any atom is 0.328 e. The fourth-order valence-corrected chi connectivity index (χ4v) is 1.12. The highest BCUT2D eigenvalue weighted by Crippen LogP contribution is 2.14. The van der Waals surface area contributed by atoms with E-state index in [0.717, 1.165) is 11.6 Å². The monoisotopic (exact) mass is 224 g/mol. The predicted molar refractivity (Wildman–Crippen MR) is 59.2 cm³/mol. The smallest absolute Gasteiger partial charge is 0.328 e. The van der Waals surface area contributed by atoms with E-state index in [1.165, 1.54) is 6.08 Å². The molecular weight excluding hydrogens is 211 g/mol. The molecule has 1 aromatic rings. The molecule has 0 bridgehead atoms. The summed E-state index contributed by atoms with van der Waals surface area (Å²) in [6.45, 7) is -0.0821. The van der Waals surface area contributed by atoms with Gasteiger partial charge in [-0.25, -0.2) is 4.79 Å². The van der Waals surface area contributed by atoms with Crippen molar-refractivity contribution >= 4 is 12.0 Å². The van der Waals surface area contributed by atoms with Crippen molar-refractivity contribution in [2.24, 2.45) is 0 Å². The lowest BCUT2D eigenvalue weighted by molar-refractivity contribution is -0.131. The van der Waals surface area contributed by atoms with Crippen molar-refractivity contribution < 1.29 is 19.0 Å². The Morgan fingerprint density at radius 1 is 1.50 bits per heavy atom. The van der Waals surface area contributed by atoms with Gasteiger partial charge in [-0.05, 0) is 23.8 Å². The molecule has 0 unspecified atom stereocenters. The highest BCUT2D eigenvalue weighted by molar-refractivity contribution is 5.85. The van der Waals surface area contributed by atoms with Crippen LogP contribution in [0.2, 0.25) is 0 Å². The molecule has 0 amide bonds. The van der Waals surface area contributed by atoms with Gasteiger partial charge < -0.3 is 9.84 Å². The number of aliphatic carboxylic acids is 1. The third-order valence-corrected chi connectivity index (χ3v) is 1.82. The molecule has 86 valence electrons. The Bertz CT molecular complexity index is 374. The lowest BCUT2D eigenvalue weighted by Gasteiger charge is -2.04. The number of carboxylic acid groups (broad SMARTS) is 1. The van der Waals surface area contributed by atoms with Crippen LogP contribution in [-0.2, 0) is 4.79 Å². The third kappa shape index (κ3) is 4.59. The van der Waals surface area contributed by atoms with Gasteiger partial charge in [-0.2, -0.15) is 0 Å². The van der Waals surface area contributed by atoms with Gasteiger partial charge in [0, 0.05) is 12.5 Å². The minimum absolute atomic E-state index is 0.322. The molecule has 0 fully saturated rings. The minimum Gasteiger partial charge on any atom is -0.493 e. The molecule has 0 radical (unpaired) electrons. The number of hydrogen-bond acceptors (Lipinski definition) is 2. The molecule has 4 heteroatoms. The van der Waals surface area contributed by atoms with Gasteiger partial charge >= 0.3 is 5.97 Å². The highest BCUT2D eigenvalue weighted by Gasteiger charge is 1.95. The number of rotatable bonds is 6.